The number of nitrogens with zero attached hydrogens (tertiary/aromatic N) is 3. The van der Waals surface area contributed by atoms with Crippen LogP contribution < -0.4 is 5.32 Å². The number of hydrogen-bond donors (Lipinski definition) is 1. The van der Waals surface area contributed by atoms with Crippen LogP contribution in [0, 0.1) is 12.7 Å². The zero-order chi connectivity index (χ0) is 23.2. The Morgan fingerprint density at radius 2 is 2.06 bits per heavy atom. The maximum absolute atomic E-state index is 13.3. The van der Waals surface area contributed by atoms with Crippen LogP contribution in [0.1, 0.15) is 34.1 Å². The van der Waals surface area contributed by atoms with Gasteiger partial charge in [0.1, 0.15) is 5.82 Å². The van der Waals surface area contributed by atoms with Gasteiger partial charge < -0.3 is 5.32 Å². The Morgan fingerprint density at radius 3 is 2.73 bits per heavy atom. The van der Waals surface area contributed by atoms with Crippen LogP contribution in [0.15, 0.2) is 47.8 Å². The van der Waals surface area contributed by atoms with Crippen molar-refractivity contribution >= 4 is 38.1 Å². The largest absolute Gasteiger partial charge is 0.348 e. The standard InChI is InChI=1S/C23H21FN4O3S2/c1-14-21-18(23(29)25-12-15-4-6-16(24)7-5-15)11-19(20-3-2-9-32-20)26-22(21)28(27-14)17-8-10-33(30,31)13-17/h2-7,9,11,17H,8,10,12-13H2,1H3,(H,25,29)/t17-/m1/s1. The molecule has 1 atom stereocenters. The number of thiophene rings is 1. The molecule has 1 aliphatic rings. The molecule has 1 N–H and O–H groups in total. The van der Waals surface area contributed by atoms with Crippen LogP contribution in [0.5, 0.6) is 0 Å². The number of pyridine rings is 1. The van der Waals surface area contributed by atoms with Crippen molar-refractivity contribution in [2.45, 2.75) is 25.9 Å². The second-order valence-electron chi connectivity index (χ2n) is 8.13. The average Bonchev–Trinajstić information content (AvgIpc) is 3.52. The predicted octanol–water partition coefficient (Wildman–Crippen LogP) is 3.90. The number of halogens is 1. The Bertz CT molecular complexity index is 1450. The minimum atomic E-state index is -3.12. The highest BCUT2D eigenvalue weighted by molar-refractivity contribution is 7.91. The normalized spacial score (nSPS) is 17.5. The maximum atomic E-state index is 13.3. The molecule has 0 spiro atoms. The molecule has 0 saturated carbocycles. The lowest BCUT2D eigenvalue weighted by molar-refractivity contribution is 0.0952. The van der Waals surface area contributed by atoms with E-state index in [2.05, 4.69) is 10.4 Å². The number of carbonyl (C=O) groups excluding carboxylic acids is 1. The molecule has 10 heteroatoms. The van der Waals surface area contributed by atoms with Crippen molar-refractivity contribution in [2.24, 2.45) is 0 Å². The Kier molecular flexibility index (Phi) is 5.49. The fourth-order valence-electron chi connectivity index (χ4n) is 4.15. The van der Waals surface area contributed by atoms with E-state index in [9.17, 15) is 17.6 Å². The highest BCUT2D eigenvalue weighted by Gasteiger charge is 2.32. The van der Waals surface area contributed by atoms with Crippen molar-refractivity contribution < 1.29 is 17.6 Å². The van der Waals surface area contributed by atoms with Gasteiger partial charge in [0.15, 0.2) is 15.5 Å². The highest BCUT2D eigenvalue weighted by Crippen LogP contribution is 2.33. The molecule has 1 aliphatic heterocycles. The summed E-state index contributed by atoms with van der Waals surface area (Å²) in [5.41, 5.74) is 2.96. The summed E-state index contributed by atoms with van der Waals surface area (Å²) in [6.45, 7) is 2.04. The van der Waals surface area contributed by atoms with Gasteiger partial charge in [-0.05, 0) is 48.6 Å². The second kappa shape index (κ2) is 8.35. The smallest absolute Gasteiger partial charge is 0.252 e. The predicted molar refractivity (Wildman–Crippen MR) is 125 cm³/mol. The molecule has 1 amide bonds. The van der Waals surface area contributed by atoms with E-state index in [1.807, 2.05) is 17.5 Å². The fourth-order valence-corrected chi connectivity index (χ4v) is 6.52. The first-order chi connectivity index (χ1) is 15.8. The van der Waals surface area contributed by atoms with Crippen LogP contribution in [0.25, 0.3) is 21.6 Å². The topological polar surface area (TPSA) is 93.9 Å². The lowest BCUT2D eigenvalue weighted by atomic mass is 10.1. The first-order valence-corrected chi connectivity index (χ1v) is 13.2. The molecule has 4 heterocycles. The van der Waals surface area contributed by atoms with Crippen LogP contribution in [0.2, 0.25) is 0 Å². The highest BCUT2D eigenvalue weighted by atomic mass is 32.2. The molecular formula is C23H21FN4O3S2. The molecule has 170 valence electrons. The monoisotopic (exact) mass is 484 g/mol. The van der Waals surface area contributed by atoms with E-state index in [1.165, 1.54) is 23.5 Å². The van der Waals surface area contributed by atoms with Crippen molar-refractivity contribution in [2.75, 3.05) is 11.5 Å². The summed E-state index contributed by atoms with van der Waals surface area (Å²) >= 11 is 1.51. The molecule has 0 bridgehead atoms. The van der Waals surface area contributed by atoms with Gasteiger partial charge in [0, 0.05) is 6.54 Å². The van der Waals surface area contributed by atoms with E-state index >= 15 is 0 Å². The van der Waals surface area contributed by atoms with Gasteiger partial charge >= 0.3 is 0 Å². The summed E-state index contributed by atoms with van der Waals surface area (Å²) in [5, 5.41) is 10.0. The third kappa shape index (κ3) is 4.28. The molecule has 1 fully saturated rings. The molecule has 0 unspecified atom stereocenters. The molecule has 1 saturated heterocycles. The SMILES string of the molecule is Cc1nn([C@@H]2CCS(=O)(=O)C2)c2nc(-c3cccs3)cc(C(=O)NCc3ccc(F)cc3)c12. The van der Waals surface area contributed by atoms with Gasteiger partial charge in [-0.2, -0.15) is 5.10 Å². The number of benzene rings is 1. The maximum Gasteiger partial charge on any atom is 0.252 e. The van der Waals surface area contributed by atoms with Gasteiger partial charge in [-0.25, -0.2) is 22.5 Å². The van der Waals surface area contributed by atoms with E-state index in [1.54, 1.807) is 29.8 Å². The Labute approximate surface area is 194 Å². The van der Waals surface area contributed by atoms with E-state index in [4.69, 9.17) is 4.98 Å². The number of rotatable bonds is 5. The van der Waals surface area contributed by atoms with E-state index < -0.39 is 9.84 Å². The van der Waals surface area contributed by atoms with Gasteiger partial charge in [0.25, 0.3) is 5.91 Å². The molecule has 3 aromatic heterocycles. The van der Waals surface area contributed by atoms with Gasteiger partial charge in [-0.15, -0.1) is 11.3 Å². The lowest BCUT2D eigenvalue weighted by Gasteiger charge is -2.12. The molecule has 5 rings (SSSR count). The minimum absolute atomic E-state index is 0.0141. The van der Waals surface area contributed by atoms with Gasteiger partial charge in [0.05, 0.1) is 44.8 Å². The zero-order valence-corrected chi connectivity index (χ0v) is 19.4. The van der Waals surface area contributed by atoms with E-state index in [-0.39, 0.29) is 35.8 Å². The summed E-state index contributed by atoms with van der Waals surface area (Å²) in [6.07, 6.45) is 0.468. The number of nitrogens with one attached hydrogen (secondary N) is 1. The number of carbonyl (C=O) groups is 1. The first kappa shape index (κ1) is 21.7. The number of sulfone groups is 1. The third-order valence-corrected chi connectivity index (χ3v) is 8.42. The number of hydrogen-bond acceptors (Lipinski definition) is 6. The molecule has 1 aromatic carbocycles. The van der Waals surface area contributed by atoms with E-state index in [0.29, 0.717) is 34.4 Å². The number of fused-ring (bicyclic) bond motifs is 1. The summed E-state index contributed by atoms with van der Waals surface area (Å²) in [4.78, 5) is 19.0. The molecule has 4 aromatic rings. The van der Waals surface area contributed by atoms with Gasteiger partial charge in [-0.3, -0.25) is 4.79 Å². The quantitative estimate of drug-likeness (QED) is 0.464. The van der Waals surface area contributed by atoms with Crippen molar-refractivity contribution in [1.29, 1.82) is 0 Å². The summed E-state index contributed by atoms with van der Waals surface area (Å²) < 4.78 is 39.0. The first-order valence-electron chi connectivity index (χ1n) is 10.5. The van der Waals surface area contributed by atoms with Crippen LogP contribution in [-0.4, -0.2) is 40.6 Å². The lowest BCUT2D eigenvalue weighted by Crippen LogP contribution is -2.23. The molecule has 33 heavy (non-hydrogen) atoms. The fraction of sp³-hybridized carbons (Fsp3) is 0.261. The summed E-state index contributed by atoms with van der Waals surface area (Å²) in [7, 11) is -3.12. The van der Waals surface area contributed by atoms with Crippen LogP contribution >= 0.6 is 11.3 Å². The molecule has 0 aliphatic carbocycles. The number of amides is 1. The number of aromatic nitrogens is 3. The average molecular weight is 485 g/mol. The van der Waals surface area contributed by atoms with Crippen molar-refractivity contribution in [3.8, 4) is 10.6 Å². The van der Waals surface area contributed by atoms with Crippen LogP contribution in [0.3, 0.4) is 0 Å². The summed E-state index contributed by atoms with van der Waals surface area (Å²) in [6, 6.07) is 11.2. The zero-order valence-electron chi connectivity index (χ0n) is 17.8. The second-order valence-corrected chi connectivity index (χ2v) is 11.3. The molecular weight excluding hydrogens is 463 g/mol. The Balaban J connectivity index is 1.58. The van der Waals surface area contributed by atoms with Crippen molar-refractivity contribution in [3.05, 3.63) is 70.5 Å². The minimum Gasteiger partial charge on any atom is -0.348 e. The third-order valence-electron chi connectivity index (χ3n) is 5.78. The summed E-state index contributed by atoms with van der Waals surface area (Å²) in [5.74, 6) is -0.502. The van der Waals surface area contributed by atoms with Crippen LogP contribution in [0.4, 0.5) is 4.39 Å². The Morgan fingerprint density at radius 1 is 1.27 bits per heavy atom. The van der Waals surface area contributed by atoms with Gasteiger partial charge in [0.2, 0.25) is 0 Å². The number of aryl methyl sites for hydroxylation is 1. The van der Waals surface area contributed by atoms with Crippen molar-refractivity contribution in [3.63, 3.8) is 0 Å². The Hall–Kier alpha value is -3.11. The molecule has 0 radical (unpaired) electrons. The van der Waals surface area contributed by atoms with Gasteiger partial charge in [-0.1, -0.05) is 18.2 Å². The molecule has 7 nitrogen and oxygen atoms in total. The van der Waals surface area contributed by atoms with E-state index in [0.717, 1.165) is 10.4 Å². The van der Waals surface area contributed by atoms with Crippen LogP contribution in [-0.2, 0) is 16.4 Å². The van der Waals surface area contributed by atoms with Crippen molar-refractivity contribution in [1.82, 2.24) is 20.1 Å².